The summed E-state index contributed by atoms with van der Waals surface area (Å²) in [6, 6.07) is 1.95. The molecule has 0 spiro atoms. The largest absolute Gasteiger partial charge is 0.389 e. The predicted octanol–water partition coefficient (Wildman–Crippen LogP) is 2.52. The van der Waals surface area contributed by atoms with Crippen molar-refractivity contribution < 1.29 is 19.0 Å². The van der Waals surface area contributed by atoms with Gasteiger partial charge in [-0.05, 0) is 33.6 Å². The molecule has 0 radical (unpaired) electrons. The normalized spacial score (nSPS) is 15.1. The number of hydrogen-bond donors (Lipinski definition) is 2. The Balaban J connectivity index is 3.06. The second-order valence-corrected chi connectivity index (χ2v) is 4.41. The third-order valence-electron chi connectivity index (χ3n) is 1.87. The minimum absolute atomic E-state index is 0.000139. The molecule has 0 heterocycles. The number of benzene rings is 1. The van der Waals surface area contributed by atoms with Crippen LogP contribution in [0.25, 0.3) is 0 Å². The third kappa shape index (κ3) is 2.96. The van der Waals surface area contributed by atoms with E-state index in [1.165, 1.54) is 0 Å². The van der Waals surface area contributed by atoms with E-state index in [-0.39, 0.29) is 15.4 Å². The van der Waals surface area contributed by atoms with Crippen molar-refractivity contribution in [2.24, 2.45) is 0 Å². The number of hydrogen-bond acceptors (Lipinski definition) is 2. The van der Waals surface area contributed by atoms with Crippen molar-refractivity contribution in [3.63, 3.8) is 0 Å². The van der Waals surface area contributed by atoms with Crippen molar-refractivity contribution in [1.82, 2.24) is 0 Å². The van der Waals surface area contributed by atoms with Gasteiger partial charge < -0.3 is 10.2 Å². The van der Waals surface area contributed by atoms with Gasteiger partial charge >= 0.3 is 0 Å². The molecule has 0 amide bonds. The van der Waals surface area contributed by atoms with Crippen LogP contribution < -0.4 is 0 Å². The highest BCUT2D eigenvalue weighted by Gasteiger charge is 2.20. The molecule has 2 nitrogen and oxygen atoms in total. The SMILES string of the molecule is OC(CBr)C(O)c1cc(F)c(Br)c(F)c1. The number of halogens is 4. The highest BCUT2D eigenvalue weighted by atomic mass is 79.9. The summed E-state index contributed by atoms with van der Waals surface area (Å²) in [5.41, 5.74) is 0.000139. The maximum atomic E-state index is 13.1. The van der Waals surface area contributed by atoms with Gasteiger partial charge in [0.2, 0.25) is 0 Å². The Hall–Kier alpha value is -0.0400. The minimum Gasteiger partial charge on any atom is -0.389 e. The minimum atomic E-state index is -1.32. The van der Waals surface area contributed by atoms with Gasteiger partial charge in [-0.3, -0.25) is 0 Å². The molecule has 1 rings (SSSR count). The number of rotatable bonds is 3. The molecule has 1 aromatic carbocycles. The van der Waals surface area contributed by atoms with E-state index in [1.807, 2.05) is 0 Å². The van der Waals surface area contributed by atoms with Crippen LogP contribution in [0.1, 0.15) is 11.7 Å². The molecule has 84 valence electrons. The first kappa shape index (κ1) is 13.0. The first-order valence-corrected chi connectivity index (χ1v) is 5.95. The summed E-state index contributed by atoms with van der Waals surface area (Å²) in [5, 5.41) is 18.9. The number of alkyl halides is 1. The molecule has 0 aliphatic rings. The molecular weight excluding hydrogens is 338 g/mol. The Morgan fingerprint density at radius 2 is 1.67 bits per heavy atom. The lowest BCUT2D eigenvalue weighted by Gasteiger charge is -2.16. The summed E-state index contributed by atoms with van der Waals surface area (Å²) in [6.07, 6.45) is -2.42. The second kappa shape index (κ2) is 5.34. The predicted molar refractivity (Wildman–Crippen MR) is 58.8 cm³/mol. The monoisotopic (exact) mass is 344 g/mol. The lowest BCUT2D eigenvalue weighted by Crippen LogP contribution is -2.19. The molecule has 0 saturated heterocycles. The Labute approximate surface area is 102 Å². The summed E-state index contributed by atoms with van der Waals surface area (Å²) in [4.78, 5) is 0. The highest BCUT2D eigenvalue weighted by Crippen LogP contribution is 2.26. The standard InChI is InChI=1S/C9H8Br2F2O2/c10-3-7(14)9(15)4-1-5(12)8(11)6(13)2-4/h1-2,7,9,14-15H,3H2. The molecule has 2 unspecified atom stereocenters. The van der Waals surface area contributed by atoms with E-state index in [2.05, 4.69) is 31.9 Å². The summed E-state index contributed by atoms with van der Waals surface area (Å²) < 4.78 is 25.9. The van der Waals surface area contributed by atoms with Crippen LogP contribution in [0.5, 0.6) is 0 Å². The zero-order valence-corrected chi connectivity index (χ0v) is 10.6. The Morgan fingerprint density at radius 1 is 1.20 bits per heavy atom. The topological polar surface area (TPSA) is 40.5 Å². The number of aliphatic hydroxyl groups excluding tert-OH is 2. The van der Waals surface area contributed by atoms with Gasteiger partial charge in [0.1, 0.15) is 17.7 Å². The van der Waals surface area contributed by atoms with Crippen molar-refractivity contribution in [2.45, 2.75) is 12.2 Å². The van der Waals surface area contributed by atoms with Crippen LogP contribution in [-0.2, 0) is 0 Å². The maximum absolute atomic E-state index is 13.1. The van der Waals surface area contributed by atoms with Gasteiger partial charge in [0.25, 0.3) is 0 Å². The first-order valence-electron chi connectivity index (χ1n) is 4.04. The fraction of sp³-hybridized carbons (Fsp3) is 0.333. The summed E-state index contributed by atoms with van der Waals surface area (Å²) in [6.45, 7) is 0. The van der Waals surface area contributed by atoms with Crippen molar-refractivity contribution in [2.75, 3.05) is 5.33 Å². The third-order valence-corrected chi connectivity index (χ3v) is 3.29. The van der Waals surface area contributed by atoms with E-state index in [1.54, 1.807) is 0 Å². The highest BCUT2D eigenvalue weighted by molar-refractivity contribution is 9.10. The fourth-order valence-electron chi connectivity index (χ4n) is 1.05. The van der Waals surface area contributed by atoms with E-state index in [0.29, 0.717) is 0 Å². The van der Waals surface area contributed by atoms with Crippen LogP contribution in [0.4, 0.5) is 8.78 Å². The van der Waals surface area contributed by atoms with Crippen molar-refractivity contribution >= 4 is 31.9 Å². The maximum Gasteiger partial charge on any atom is 0.140 e. The second-order valence-electron chi connectivity index (χ2n) is 2.97. The van der Waals surface area contributed by atoms with Crippen molar-refractivity contribution in [3.8, 4) is 0 Å². The van der Waals surface area contributed by atoms with Gasteiger partial charge in [-0.15, -0.1) is 0 Å². The smallest absolute Gasteiger partial charge is 0.140 e. The zero-order valence-electron chi connectivity index (χ0n) is 7.42. The van der Waals surface area contributed by atoms with E-state index < -0.39 is 23.8 Å². The van der Waals surface area contributed by atoms with Crippen molar-refractivity contribution in [1.29, 1.82) is 0 Å². The lowest BCUT2D eigenvalue weighted by molar-refractivity contribution is 0.0339. The van der Waals surface area contributed by atoms with Crippen LogP contribution >= 0.6 is 31.9 Å². The van der Waals surface area contributed by atoms with E-state index in [4.69, 9.17) is 0 Å². The summed E-state index contributed by atoms with van der Waals surface area (Å²) in [7, 11) is 0. The molecule has 6 heteroatoms. The first-order chi connectivity index (χ1) is 6.97. The van der Waals surface area contributed by atoms with Gasteiger partial charge in [0.15, 0.2) is 0 Å². The Bertz CT molecular complexity index is 337. The zero-order chi connectivity index (χ0) is 11.6. The van der Waals surface area contributed by atoms with Crippen LogP contribution in [-0.4, -0.2) is 21.6 Å². The average Bonchev–Trinajstić information content (AvgIpc) is 2.23. The molecule has 0 fully saturated rings. The van der Waals surface area contributed by atoms with Gasteiger partial charge in [-0.1, -0.05) is 15.9 Å². The van der Waals surface area contributed by atoms with Gasteiger partial charge in [0, 0.05) is 5.33 Å². The van der Waals surface area contributed by atoms with E-state index in [0.717, 1.165) is 12.1 Å². The average molecular weight is 346 g/mol. The van der Waals surface area contributed by atoms with Gasteiger partial charge in [-0.2, -0.15) is 0 Å². The van der Waals surface area contributed by atoms with Crippen LogP contribution in [0.3, 0.4) is 0 Å². The molecule has 0 aromatic heterocycles. The number of aliphatic hydroxyl groups is 2. The molecule has 0 bridgehead atoms. The van der Waals surface area contributed by atoms with Crippen LogP contribution in [0.15, 0.2) is 16.6 Å². The molecular formula is C9H8Br2F2O2. The van der Waals surface area contributed by atoms with Crippen LogP contribution in [0, 0.1) is 11.6 Å². The van der Waals surface area contributed by atoms with E-state index in [9.17, 15) is 19.0 Å². The molecule has 15 heavy (non-hydrogen) atoms. The quantitative estimate of drug-likeness (QED) is 0.652. The molecule has 0 aliphatic heterocycles. The van der Waals surface area contributed by atoms with E-state index >= 15 is 0 Å². The van der Waals surface area contributed by atoms with Crippen molar-refractivity contribution in [3.05, 3.63) is 33.8 Å². The summed E-state index contributed by atoms with van der Waals surface area (Å²) >= 11 is 5.67. The Morgan fingerprint density at radius 3 is 2.07 bits per heavy atom. The van der Waals surface area contributed by atoms with Crippen LogP contribution in [0.2, 0.25) is 0 Å². The molecule has 0 saturated carbocycles. The van der Waals surface area contributed by atoms with Gasteiger partial charge in [-0.25, -0.2) is 8.78 Å². The van der Waals surface area contributed by atoms with Gasteiger partial charge in [0.05, 0.1) is 10.6 Å². The molecule has 1 aromatic rings. The lowest BCUT2D eigenvalue weighted by atomic mass is 10.1. The Kier molecular flexibility index (Phi) is 4.64. The molecule has 2 N–H and O–H groups in total. The summed E-state index contributed by atoms with van der Waals surface area (Å²) in [5.74, 6) is -1.63. The fourth-order valence-corrected chi connectivity index (χ4v) is 1.64. The molecule has 2 atom stereocenters. The molecule has 0 aliphatic carbocycles.